The lowest BCUT2D eigenvalue weighted by Gasteiger charge is -2.28. The highest BCUT2D eigenvalue weighted by Crippen LogP contribution is 2.43. The zero-order chi connectivity index (χ0) is 21.9. The van der Waals surface area contributed by atoms with Crippen LogP contribution in [0.25, 0.3) is 0 Å². The van der Waals surface area contributed by atoms with Crippen LogP contribution in [-0.4, -0.2) is 40.4 Å². The number of rotatable bonds is 7. The van der Waals surface area contributed by atoms with Crippen LogP contribution in [0.1, 0.15) is 25.7 Å². The number of sulfone groups is 1. The molecule has 0 unspecified atom stereocenters. The first-order valence-electron chi connectivity index (χ1n) is 9.40. The van der Waals surface area contributed by atoms with E-state index in [0.717, 1.165) is 0 Å². The molecule has 1 fully saturated rings. The molecule has 0 heterocycles. The number of nitrogens with one attached hydrogen (secondary N) is 1. The van der Waals surface area contributed by atoms with E-state index in [-0.39, 0.29) is 17.7 Å². The minimum atomic E-state index is -3.94. The van der Waals surface area contributed by atoms with Gasteiger partial charge in [0, 0.05) is 22.8 Å². The van der Waals surface area contributed by atoms with Crippen molar-refractivity contribution in [3.8, 4) is 17.2 Å². The molecular formula is C21H24ClNO6S. The minimum Gasteiger partial charge on any atom is -0.493 e. The maximum absolute atomic E-state index is 13.5. The number of benzene rings is 2. The van der Waals surface area contributed by atoms with Gasteiger partial charge in [0.15, 0.2) is 26.1 Å². The van der Waals surface area contributed by atoms with Crippen LogP contribution in [0.4, 0.5) is 5.69 Å². The Morgan fingerprint density at radius 1 is 0.967 bits per heavy atom. The SMILES string of the molecule is COc1cc(NC(=O)C2(S(=O)(=O)c3ccc(Cl)cc3)CCCC2)cc(OC)c1OC. The average Bonchev–Trinajstić information content (AvgIpc) is 3.25. The second-order valence-corrected chi connectivity index (χ2v) is 9.72. The molecule has 0 aromatic heterocycles. The molecule has 1 aliphatic carbocycles. The van der Waals surface area contributed by atoms with Crippen molar-refractivity contribution in [2.45, 2.75) is 35.3 Å². The molecule has 2 aromatic carbocycles. The highest BCUT2D eigenvalue weighted by atomic mass is 35.5. The van der Waals surface area contributed by atoms with Crippen molar-refractivity contribution < 1.29 is 27.4 Å². The molecule has 2 aromatic rings. The first-order valence-corrected chi connectivity index (χ1v) is 11.3. The van der Waals surface area contributed by atoms with Crippen LogP contribution < -0.4 is 19.5 Å². The van der Waals surface area contributed by atoms with Gasteiger partial charge in [0.1, 0.15) is 0 Å². The van der Waals surface area contributed by atoms with Gasteiger partial charge in [-0.1, -0.05) is 24.4 Å². The van der Waals surface area contributed by atoms with Gasteiger partial charge in [0.05, 0.1) is 26.2 Å². The van der Waals surface area contributed by atoms with Crippen LogP contribution in [0, 0.1) is 0 Å². The molecule has 0 aliphatic heterocycles. The third kappa shape index (κ3) is 3.81. The number of hydrogen-bond donors (Lipinski definition) is 1. The molecule has 1 aliphatic rings. The second-order valence-electron chi connectivity index (χ2n) is 7.03. The Morgan fingerprint density at radius 3 is 1.97 bits per heavy atom. The van der Waals surface area contributed by atoms with Gasteiger partial charge in [-0.25, -0.2) is 8.42 Å². The van der Waals surface area contributed by atoms with E-state index in [9.17, 15) is 13.2 Å². The van der Waals surface area contributed by atoms with Crippen LogP contribution >= 0.6 is 11.6 Å². The Bertz CT molecular complexity index is 1000. The molecule has 0 saturated heterocycles. The topological polar surface area (TPSA) is 90.9 Å². The maximum atomic E-state index is 13.5. The molecule has 0 bridgehead atoms. The Kier molecular flexibility index (Phi) is 6.47. The largest absolute Gasteiger partial charge is 0.493 e. The fourth-order valence-electron chi connectivity index (χ4n) is 3.80. The Morgan fingerprint density at radius 2 is 1.50 bits per heavy atom. The number of anilines is 1. The summed E-state index contributed by atoms with van der Waals surface area (Å²) in [6.07, 6.45) is 1.79. The van der Waals surface area contributed by atoms with E-state index in [4.69, 9.17) is 25.8 Å². The molecule has 162 valence electrons. The second kappa shape index (κ2) is 8.73. The molecule has 0 atom stereocenters. The third-order valence-electron chi connectivity index (χ3n) is 5.39. The Hall–Kier alpha value is -2.45. The number of carbonyl (C=O) groups excluding carboxylic acids is 1. The summed E-state index contributed by atoms with van der Waals surface area (Å²) in [4.78, 5) is 13.4. The number of amides is 1. The lowest BCUT2D eigenvalue weighted by atomic mass is 10.1. The summed E-state index contributed by atoms with van der Waals surface area (Å²) in [5.41, 5.74) is 0.354. The average molecular weight is 454 g/mol. The van der Waals surface area contributed by atoms with Crippen LogP contribution in [0.5, 0.6) is 17.2 Å². The van der Waals surface area contributed by atoms with E-state index >= 15 is 0 Å². The standard InChI is InChI=1S/C21H24ClNO6S/c1-27-17-12-15(13-18(28-2)19(17)29-3)23-20(24)21(10-4-5-11-21)30(25,26)16-8-6-14(22)7-9-16/h6-9,12-13H,4-5,10-11H2,1-3H3,(H,23,24). The molecule has 0 spiro atoms. The zero-order valence-electron chi connectivity index (χ0n) is 17.0. The van der Waals surface area contributed by atoms with Gasteiger partial charge in [-0.05, 0) is 37.1 Å². The molecule has 1 N–H and O–H groups in total. The quantitative estimate of drug-likeness (QED) is 0.678. The molecule has 30 heavy (non-hydrogen) atoms. The summed E-state index contributed by atoms with van der Waals surface area (Å²) in [6, 6.07) is 9.02. The Balaban J connectivity index is 2.00. The lowest BCUT2D eigenvalue weighted by molar-refractivity contribution is -0.118. The predicted molar refractivity (Wildman–Crippen MR) is 115 cm³/mol. The summed E-state index contributed by atoms with van der Waals surface area (Å²) in [7, 11) is 0.468. The predicted octanol–water partition coefficient (Wildman–Crippen LogP) is 4.09. The number of carbonyl (C=O) groups is 1. The van der Waals surface area contributed by atoms with Gasteiger partial charge in [-0.3, -0.25) is 4.79 Å². The summed E-state index contributed by atoms with van der Waals surface area (Å²) >= 11 is 5.90. The van der Waals surface area contributed by atoms with Gasteiger partial charge >= 0.3 is 0 Å². The van der Waals surface area contributed by atoms with Crippen molar-refractivity contribution in [3.05, 3.63) is 41.4 Å². The van der Waals surface area contributed by atoms with Crippen molar-refractivity contribution in [1.29, 1.82) is 0 Å². The summed E-state index contributed by atoms with van der Waals surface area (Å²) in [5.74, 6) is 0.507. The van der Waals surface area contributed by atoms with Crippen molar-refractivity contribution in [2.24, 2.45) is 0 Å². The van der Waals surface area contributed by atoms with E-state index in [1.165, 1.54) is 45.6 Å². The third-order valence-corrected chi connectivity index (χ3v) is 8.15. The number of methoxy groups -OCH3 is 3. The van der Waals surface area contributed by atoms with Gasteiger partial charge in [-0.15, -0.1) is 0 Å². The van der Waals surface area contributed by atoms with E-state index in [2.05, 4.69) is 5.32 Å². The van der Waals surface area contributed by atoms with Gasteiger partial charge < -0.3 is 19.5 Å². The molecule has 3 rings (SSSR count). The monoisotopic (exact) mass is 453 g/mol. The van der Waals surface area contributed by atoms with Gasteiger partial charge in [-0.2, -0.15) is 0 Å². The van der Waals surface area contributed by atoms with Crippen LogP contribution in [0.2, 0.25) is 5.02 Å². The summed E-state index contributed by atoms with van der Waals surface area (Å²) < 4.78 is 41.3. The van der Waals surface area contributed by atoms with Crippen LogP contribution in [0.15, 0.2) is 41.3 Å². The molecule has 1 amide bonds. The van der Waals surface area contributed by atoms with Crippen molar-refractivity contribution in [1.82, 2.24) is 0 Å². The smallest absolute Gasteiger partial charge is 0.246 e. The fourth-order valence-corrected chi connectivity index (χ4v) is 5.99. The van der Waals surface area contributed by atoms with Crippen LogP contribution in [-0.2, 0) is 14.6 Å². The van der Waals surface area contributed by atoms with Crippen molar-refractivity contribution in [3.63, 3.8) is 0 Å². The van der Waals surface area contributed by atoms with Gasteiger partial charge in [0.2, 0.25) is 11.7 Å². The van der Waals surface area contributed by atoms with Crippen molar-refractivity contribution >= 4 is 33.0 Å². The Labute approximate surface area is 181 Å². The zero-order valence-corrected chi connectivity index (χ0v) is 18.6. The normalized spacial score (nSPS) is 15.5. The fraction of sp³-hybridized carbons (Fsp3) is 0.381. The maximum Gasteiger partial charge on any atom is 0.246 e. The molecule has 1 saturated carbocycles. The van der Waals surface area contributed by atoms with Gasteiger partial charge in [0.25, 0.3) is 0 Å². The minimum absolute atomic E-state index is 0.0776. The summed E-state index contributed by atoms with van der Waals surface area (Å²) in [5, 5.41) is 3.18. The molecular weight excluding hydrogens is 430 g/mol. The van der Waals surface area contributed by atoms with E-state index in [0.29, 0.717) is 40.8 Å². The number of halogens is 1. The molecule has 0 radical (unpaired) electrons. The van der Waals surface area contributed by atoms with E-state index in [1.54, 1.807) is 12.1 Å². The first-order chi connectivity index (χ1) is 14.3. The number of hydrogen-bond acceptors (Lipinski definition) is 6. The number of ether oxygens (including phenoxy) is 3. The van der Waals surface area contributed by atoms with E-state index in [1.807, 2.05) is 0 Å². The highest BCUT2D eigenvalue weighted by molar-refractivity contribution is 7.93. The van der Waals surface area contributed by atoms with E-state index < -0.39 is 20.5 Å². The lowest BCUT2D eigenvalue weighted by Crippen LogP contribution is -2.47. The van der Waals surface area contributed by atoms with Crippen LogP contribution in [0.3, 0.4) is 0 Å². The first kappa shape index (κ1) is 22.2. The molecule has 7 nitrogen and oxygen atoms in total. The molecule has 9 heteroatoms. The summed E-state index contributed by atoms with van der Waals surface area (Å²) in [6.45, 7) is 0. The highest BCUT2D eigenvalue weighted by Gasteiger charge is 2.53. The van der Waals surface area contributed by atoms with Crippen molar-refractivity contribution in [2.75, 3.05) is 26.6 Å².